The fourth-order valence-electron chi connectivity index (χ4n) is 1.93. The maximum atomic E-state index is 13.0. The number of aromatic hydroxyl groups is 1. The van der Waals surface area contributed by atoms with Gasteiger partial charge in [0.15, 0.2) is 0 Å². The number of hydrogen-bond acceptors (Lipinski definition) is 3. The number of phenolic OH excluding ortho intramolecular Hbond substituents is 1. The zero-order valence-corrected chi connectivity index (χ0v) is 12.7. The van der Waals surface area contributed by atoms with Crippen molar-refractivity contribution in [1.29, 1.82) is 0 Å². The van der Waals surface area contributed by atoms with E-state index in [2.05, 4.69) is 21.2 Å². The fourth-order valence-corrected chi connectivity index (χ4v) is 2.40. The summed E-state index contributed by atoms with van der Waals surface area (Å²) in [6.07, 6.45) is 0. The van der Waals surface area contributed by atoms with Crippen LogP contribution in [0.5, 0.6) is 11.5 Å². The van der Waals surface area contributed by atoms with Crippen molar-refractivity contribution in [3.63, 3.8) is 0 Å². The predicted octanol–water partition coefficient (Wildman–Crippen LogP) is 4.48. The average Bonchev–Trinajstić information content (AvgIpc) is 2.41. The molecule has 0 aliphatic carbocycles. The monoisotopic (exact) mass is 339 g/mol. The van der Waals surface area contributed by atoms with Gasteiger partial charge in [-0.1, -0.05) is 0 Å². The molecule has 106 valence electrons. The van der Waals surface area contributed by atoms with Gasteiger partial charge in [-0.05, 0) is 53.2 Å². The molecule has 0 radical (unpaired) electrons. The number of halogens is 2. The van der Waals surface area contributed by atoms with Crippen molar-refractivity contribution in [1.82, 2.24) is 0 Å². The van der Waals surface area contributed by atoms with Crippen LogP contribution in [0.25, 0.3) is 0 Å². The Morgan fingerprint density at radius 3 is 2.60 bits per heavy atom. The summed E-state index contributed by atoms with van der Waals surface area (Å²) in [5, 5.41) is 13.2. The molecule has 1 unspecified atom stereocenters. The minimum absolute atomic E-state index is 0.136. The van der Waals surface area contributed by atoms with E-state index >= 15 is 0 Å². The molecule has 0 fully saturated rings. The molecule has 0 aromatic heterocycles. The molecule has 0 saturated carbocycles. The van der Waals surface area contributed by atoms with Gasteiger partial charge in [0, 0.05) is 21.8 Å². The van der Waals surface area contributed by atoms with Gasteiger partial charge in [0.25, 0.3) is 0 Å². The molecule has 0 aliphatic rings. The number of anilines is 1. The summed E-state index contributed by atoms with van der Waals surface area (Å²) >= 11 is 3.30. The molecule has 20 heavy (non-hydrogen) atoms. The molecular formula is C15H15BrFNO2. The molecule has 2 rings (SSSR count). The second-order valence-electron chi connectivity index (χ2n) is 4.41. The van der Waals surface area contributed by atoms with Crippen LogP contribution in [0.15, 0.2) is 40.9 Å². The van der Waals surface area contributed by atoms with E-state index in [0.717, 1.165) is 11.3 Å². The quantitative estimate of drug-likeness (QED) is 0.863. The smallest absolute Gasteiger partial charge is 0.124 e. The fraction of sp³-hybridized carbons (Fsp3) is 0.200. The molecule has 0 saturated heterocycles. The van der Waals surface area contributed by atoms with Crippen LogP contribution in [-0.2, 0) is 0 Å². The molecule has 2 N–H and O–H groups in total. The van der Waals surface area contributed by atoms with Crippen LogP contribution in [0.3, 0.4) is 0 Å². The summed E-state index contributed by atoms with van der Waals surface area (Å²) in [4.78, 5) is 0. The second kappa shape index (κ2) is 6.13. The predicted molar refractivity (Wildman–Crippen MR) is 80.8 cm³/mol. The van der Waals surface area contributed by atoms with Crippen LogP contribution < -0.4 is 10.1 Å². The van der Waals surface area contributed by atoms with Gasteiger partial charge in [0.05, 0.1) is 13.2 Å². The molecule has 0 spiro atoms. The van der Waals surface area contributed by atoms with E-state index in [9.17, 15) is 9.50 Å². The number of hydrogen-bond donors (Lipinski definition) is 2. The van der Waals surface area contributed by atoms with E-state index in [4.69, 9.17) is 4.74 Å². The third-order valence-electron chi connectivity index (χ3n) is 3.01. The summed E-state index contributed by atoms with van der Waals surface area (Å²) in [6, 6.07) is 9.43. The molecule has 0 amide bonds. The third-order valence-corrected chi connectivity index (χ3v) is 3.66. The van der Waals surface area contributed by atoms with E-state index in [0.29, 0.717) is 10.2 Å². The topological polar surface area (TPSA) is 41.5 Å². The minimum Gasteiger partial charge on any atom is -0.507 e. The van der Waals surface area contributed by atoms with Crippen molar-refractivity contribution in [2.24, 2.45) is 0 Å². The van der Waals surface area contributed by atoms with Gasteiger partial charge in [-0.3, -0.25) is 0 Å². The lowest BCUT2D eigenvalue weighted by molar-refractivity contribution is 0.406. The van der Waals surface area contributed by atoms with Crippen LogP contribution in [0.2, 0.25) is 0 Å². The Hall–Kier alpha value is -1.75. The number of methoxy groups -OCH3 is 1. The zero-order valence-electron chi connectivity index (χ0n) is 11.2. The van der Waals surface area contributed by atoms with Gasteiger partial charge in [-0.25, -0.2) is 4.39 Å². The van der Waals surface area contributed by atoms with E-state index in [1.54, 1.807) is 31.4 Å². The van der Waals surface area contributed by atoms with Crippen molar-refractivity contribution >= 4 is 21.6 Å². The molecule has 0 bridgehead atoms. The molecule has 2 aromatic carbocycles. The highest BCUT2D eigenvalue weighted by Gasteiger charge is 2.12. The van der Waals surface area contributed by atoms with Gasteiger partial charge in [0.2, 0.25) is 0 Å². The number of benzene rings is 2. The van der Waals surface area contributed by atoms with Crippen LogP contribution in [0, 0.1) is 5.82 Å². The average molecular weight is 340 g/mol. The number of phenols is 1. The maximum Gasteiger partial charge on any atom is 0.124 e. The summed E-state index contributed by atoms with van der Waals surface area (Å²) in [5.41, 5.74) is 1.50. The lowest BCUT2D eigenvalue weighted by Gasteiger charge is -2.18. The third kappa shape index (κ3) is 3.22. The van der Waals surface area contributed by atoms with Gasteiger partial charge in [-0.15, -0.1) is 0 Å². The van der Waals surface area contributed by atoms with Crippen molar-refractivity contribution in [2.75, 3.05) is 12.4 Å². The van der Waals surface area contributed by atoms with Crippen molar-refractivity contribution in [2.45, 2.75) is 13.0 Å². The Balaban J connectivity index is 2.21. The first-order valence-electron chi connectivity index (χ1n) is 6.09. The minimum atomic E-state index is -0.303. The molecule has 0 aliphatic heterocycles. The molecule has 5 heteroatoms. The Bertz CT molecular complexity index is 619. The second-order valence-corrected chi connectivity index (χ2v) is 5.27. The highest BCUT2D eigenvalue weighted by atomic mass is 79.9. The lowest BCUT2D eigenvalue weighted by atomic mass is 10.1. The van der Waals surface area contributed by atoms with Gasteiger partial charge in [-0.2, -0.15) is 0 Å². The summed E-state index contributed by atoms with van der Waals surface area (Å²) in [6.45, 7) is 1.91. The van der Waals surface area contributed by atoms with E-state index in [1.807, 2.05) is 6.92 Å². The summed E-state index contributed by atoms with van der Waals surface area (Å²) in [5.74, 6) is 0.450. The Morgan fingerprint density at radius 2 is 2.00 bits per heavy atom. The summed E-state index contributed by atoms with van der Waals surface area (Å²) in [7, 11) is 1.55. The van der Waals surface area contributed by atoms with Crippen LogP contribution in [-0.4, -0.2) is 12.2 Å². The van der Waals surface area contributed by atoms with Crippen molar-refractivity contribution in [3.8, 4) is 11.5 Å². The van der Waals surface area contributed by atoms with E-state index in [-0.39, 0.29) is 17.6 Å². The molecule has 1 atom stereocenters. The normalized spacial score (nSPS) is 12.0. The Morgan fingerprint density at radius 1 is 1.25 bits per heavy atom. The van der Waals surface area contributed by atoms with Crippen molar-refractivity contribution in [3.05, 3.63) is 52.3 Å². The molecule has 3 nitrogen and oxygen atoms in total. The SMILES string of the molecule is COc1ccc(C(C)Nc2ccc(F)cc2Br)c(O)c1. The van der Waals surface area contributed by atoms with Gasteiger partial charge < -0.3 is 15.2 Å². The standard InChI is InChI=1S/C15H15BrFNO2/c1-9(12-5-4-11(20-2)8-15(12)19)18-14-6-3-10(17)7-13(14)16/h3-9,18-19H,1-2H3. The number of ether oxygens (including phenoxy) is 1. The van der Waals surface area contributed by atoms with E-state index in [1.165, 1.54) is 12.1 Å². The molecule has 0 heterocycles. The Labute approximate surface area is 125 Å². The van der Waals surface area contributed by atoms with Gasteiger partial charge >= 0.3 is 0 Å². The first kappa shape index (κ1) is 14.7. The van der Waals surface area contributed by atoms with E-state index < -0.39 is 0 Å². The van der Waals surface area contributed by atoms with Crippen LogP contribution in [0.1, 0.15) is 18.5 Å². The zero-order chi connectivity index (χ0) is 14.7. The van der Waals surface area contributed by atoms with Crippen molar-refractivity contribution < 1.29 is 14.2 Å². The molecule has 2 aromatic rings. The maximum absolute atomic E-state index is 13.0. The van der Waals surface area contributed by atoms with Gasteiger partial charge in [0.1, 0.15) is 17.3 Å². The Kier molecular flexibility index (Phi) is 4.49. The lowest BCUT2D eigenvalue weighted by Crippen LogP contribution is -2.07. The highest BCUT2D eigenvalue weighted by molar-refractivity contribution is 9.10. The summed E-state index contributed by atoms with van der Waals surface area (Å²) < 4.78 is 18.7. The first-order chi connectivity index (χ1) is 9.51. The van der Waals surface area contributed by atoms with Crippen LogP contribution in [0.4, 0.5) is 10.1 Å². The van der Waals surface area contributed by atoms with Crippen LogP contribution >= 0.6 is 15.9 Å². The number of nitrogens with one attached hydrogen (secondary N) is 1. The molecular weight excluding hydrogens is 325 g/mol. The largest absolute Gasteiger partial charge is 0.507 e. The number of rotatable bonds is 4. The highest BCUT2D eigenvalue weighted by Crippen LogP contribution is 2.32. The first-order valence-corrected chi connectivity index (χ1v) is 6.89.